The van der Waals surface area contributed by atoms with E-state index in [0.29, 0.717) is 49.1 Å². The molecule has 0 spiro atoms. The van der Waals surface area contributed by atoms with Crippen LogP contribution < -0.4 is 0 Å². The van der Waals surface area contributed by atoms with Gasteiger partial charge in [0, 0.05) is 31.6 Å². The zero-order valence-electron chi connectivity index (χ0n) is 20.5. The van der Waals surface area contributed by atoms with Crippen LogP contribution in [0.3, 0.4) is 0 Å². The lowest BCUT2D eigenvalue weighted by atomic mass is 9.87. The zero-order valence-corrected chi connectivity index (χ0v) is 20.5. The number of benzene rings is 2. The van der Waals surface area contributed by atoms with Gasteiger partial charge in [0.25, 0.3) is 0 Å². The number of carbonyl (C=O) groups excluding carboxylic acids is 2. The van der Waals surface area contributed by atoms with E-state index in [1.807, 2.05) is 30.3 Å². The SMILES string of the molecule is CCC1C(CCC(=O)CCc2ccc(C(C)C)cc2)=CC=C1CCC(=O)Cc1ccccc1. The maximum Gasteiger partial charge on any atom is 0.137 e. The minimum Gasteiger partial charge on any atom is -0.300 e. The summed E-state index contributed by atoms with van der Waals surface area (Å²) in [4.78, 5) is 24.9. The van der Waals surface area contributed by atoms with Crippen molar-refractivity contribution in [2.24, 2.45) is 5.92 Å². The van der Waals surface area contributed by atoms with Crippen LogP contribution in [0.5, 0.6) is 0 Å². The molecule has 1 unspecified atom stereocenters. The van der Waals surface area contributed by atoms with Crippen molar-refractivity contribution in [2.45, 2.75) is 78.1 Å². The summed E-state index contributed by atoms with van der Waals surface area (Å²) in [5, 5.41) is 0. The van der Waals surface area contributed by atoms with Crippen LogP contribution in [0.25, 0.3) is 0 Å². The van der Waals surface area contributed by atoms with Gasteiger partial charge in [-0.2, -0.15) is 0 Å². The number of carbonyl (C=O) groups is 2. The maximum absolute atomic E-state index is 12.5. The predicted octanol–water partition coefficient (Wildman–Crippen LogP) is 7.58. The van der Waals surface area contributed by atoms with E-state index in [-0.39, 0.29) is 0 Å². The number of hydrogen-bond donors (Lipinski definition) is 0. The summed E-state index contributed by atoms with van der Waals surface area (Å²) in [7, 11) is 0. The molecule has 1 aliphatic rings. The van der Waals surface area contributed by atoms with Crippen LogP contribution >= 0.6 is 0 Å². The number of allylic oxidation sites excluding steroid dienone is 4. The van der Waals surface area contributed by atoms with Crippen LogP contribution in [0.15, 0.2) is 77.9 Å². The number of aryl methyl sites for hydroxylation is 1. The molecule has 2 aromatic rings. The molecule has 1 aliphatic carbocycles. The van der Waals surface area contributed by atoms with Gasteiger partial charge in [-0.25, -0.2) is 0 Å². The fraction of sp³-hybridized carbons (Fsp3) is 0.419. The van der Waals surface area contributed by atoms with Crippen molar-refractivity contribution in [1.82, 2.24) is 0 Å². The largest absolute Gasteiger partial charge is 0.300 e. The Kier molecular flexibility index (Phi) is 9.42. The average molecular weight is 443 g/mol. The highest BCUT2D eigenvalue weighted by atomic mass is 16.1. The van der Waals surface area contributed by atoms with Gasteiger partial charge in [-0.05, 0) is 48.3 Å². The fourth-order valence-corrected chi connectivity index (χ4v) is 4.68. The van der Waals surface area contributed by atoms with E-state index < -0.39 is 0 Å². The molecule has 0 heterocycles. The second kappa shape index (κ2) is 12.5. The highest BCUT2D eigenvalue weighted by Crippen LogP contribution is 2.35. The summed E-state index contributed by atoms with van der Waals surface area (Å²) >= 11 is 0. The first kappa shape index (κ1) is 24.9. The number of rotatable bonds is 13. The second-order valence-electron chi connectivity index (χ2n) is 9.58. The van der Waals surface area contributed by atoms with Gasteiger partial charge < -0.3 is 0 Å². The highest BCUT2D eigenvalue weighted by molar-refractivity contribution is 5.81. The van der Waals surface area contributed by atoms with Crippen molar-refractivity contribution in [1.29, 1.82) is 0 Å². The van der Waals surface area contributed by atoms with Crippen LogP contribution in [-0.4, -0.2) is 11.6 Å². The van der Waals surface area contributed by atoms with Gasteiger partial charge in [0.15, 0.2) is 0 Å². The van der Waals surface area contributed by atoms with E-state index in [1.54, 1.807) is 0 Å². The van der Waals surface area contributed by atoms with E-state index >= 15 is 0 Å². The molecule has 2 heteroatoms. The third-order valence-electron chi connectivity index (χ3n) is 6.78. The molecule has 0 N–H and O–H groups in total. The Balaban J connectivity index is 1.39. The predicted molar refractivity (Wildman–Crippen MR) is 137 cm³/mol. The van der Waals surface area contributed by atoms with Crippen LogP contribution in [0, 0.1) is 5.92 Å². The number of ketones is 2. The molecule has 0 saturated heterocycles. The summed E-state index contributed by atoms with van der Waals surface area (Å²) in [6.07, 6.45) is 10.2. The first-order valence-corrected chi connectivity index (χ1v) is 12.5. The van der Waals surface area contributed by atoms with Crippen molar-refractivity contribution in [2.75, 3.05) is 0 Å². The van der Waals surface area contributed by atoms with Crippen molar-refractivity contribution in [3.63, 3.8) is 0 Å². The first-order valence-electron chi connectivity index (χ1n) is 12.5. The van der Waals surface area contributed by atoms with Gasteiger partial charge in [0.1, 0.15) is 11.6 Å². The van der Waals surface area contributed by atoms with Crippen molar-refractivity contribution >= 4 is 11.6 Å². The Bertz CT molecular complexity index is 977. The van der Waals surface area contributed by atoms with Crippen LogP contribution in [0.1, 0.15) is 81.9 Å². The van der Waals surface area contributed by atoms with E-state index in [2.05, 4.69) is 57.2 Å². The Morgan fingerprint density at radius 2 is 1.30 bits per heavy atom. The van der Waals surface area contributed by atoms with Crippen LogP contribution in [0.4, 0.5) is 0 Å². The highest BCUT2D eigenvalue weighted by Gasteiger charge is 2.22. The first-order chi connectivity index (χ1) is 16.0. The molecule has 2 nitrogen and oxygen atoms in total. The van der Waals surface area contributed by atoms with Gasteiger partial charge in [0.2, 0.25) is 0 Å². The molecule has 0 bridgehead atoms. The van der Waals surface area contributed by atoms with Gasteiger partial charge in [-0.1, -0.05) is 98.7 Å². The molecular weight excluding hydrogens is 404 g/mol. The third kappa shape index (κ3) is 7.67. The maximum atomic E-state index is 12.5. The van der Waals surface area contributed by atoms with Crippen LogP contribution in [0.2, 0.25) is 0 Å². The third-order valence-corrected chi connectivity index (χ3v) is 6.78. The molecule has 0 aliphatic heterocycles. The lowest BCUT2D eigenvalue weighted by Gasteiger charge is -2.18. The topological polar surface area (TPSA) is 34.1 Å². The minimum atomic E-state index is 0.294. The lowest BCUT2D eigenvalue weighted by molar-refractivity contribution is -0.119. The Morgan fingerprint density at radius 3 is 1.88 bits per heavy atom. The van der Waals surface area contributed by atoms with Gasteiger partial charge in [-0.15, -0.1) is 0 Å². The summed E-state index contributed by atoms with van der Waals surface area (Å²) in [5.74, 6) is 1.56. The molecule has 1 atom stereocenters. The fourth-order valence-electron chi connectivity index (χ4n) is 4.68. The monoisotopic (exact) mass is 442 g/mol. The zero-order chi connectivity index (χ0) is 23.6. The van der Waals surface area contributed by atoms with Crippen LogP contribution in [-0.2, 0) is 22.4 Å². The summed E-state index contributed by atoms with van der Waals surface area (Å²) in [5.41, 5.74) is 6.38. The van der Waals surface area contributed by atoms with Gasteiger partial charge in [0.05, 0.1) is 0 Å². The molecule has 0 fully saturated rings. The van der Waals surface area contributed by atoms with Gasteiger partial charge >= 0.3 is 0 Å². The molecule has 0 amide bonds. The van der Waals surface area contributed by atoms with E-state index in [0.717, 1.165) is 31.2 Å². The molecule has 3 rings (SSSR count). The van der Waals surface area contributed by atoms with E-state index in [9.17, 15) is 9.59 Å². The van der Waals surface area contributed by atoms with Crippen molar-refractivity contribution in [3.05, 3.63) is 94.6 Å². The lowest BCUT2D eigenvalue weighted by Crippen LogP contribution is -2.09. The summed E-state index contributed by atoms with van der Waals surface area (Å²) < 4.78 is 0. The van der Waals surface area contributed by atoms with Crippen molar-refractivity contribution in [3.8, 4) is 0 Å². The molecule has 0 aromatic heterocycles. The minimum absolute atomic E-state index is 0.294. The molecule has 2 aromatic carbocycles. The number of hydrogen-bond acceptors (Lipinski definition) is 2. The Morgan fingerprint density at radius 1 is 0.727 bits per heavy atom. The average Bonchev–Trinajstić information content (AvgIpc) is 3.22. The second-order valence-corrected chi connectivity index (χ2v) is 9.58. The smallest absolute Gasteiger partial charge is 0.137 e. The quantitative estimate of drug-likeness (QED) is 0.320. The summed E-state index contributed by atoms with van der Waals surface area (Å²) in [6.45, 7) is 6.59. The molecular formula is C31H38O2. The van der Waals surface area contributed by atoms with E-state index in [4.69, 9.17) is 0 Å². The van der Waals surface area contributed by atoms with E-state index in [1.165, 1.54) is 22.3 Å². The summed E-state index contributed by atoms with van der Waals surface area (Å²) in [6, 6.07) is 18.6. The molecule has 0 radical (unpaired) electrons. The Labute approximate surface area is 199 Å². The molecule has 0 saturated carbocycles. The molecule has 33 heavy (non-hydrogen) atoms. The molecule has 174 valence electrons. The van der Waals surface area contributed by atoms with Gasteiger partial charge in [-0.3, -0.25) is 9.59 Å². The normalized spacial score (nSPS) is 15.5. The van der Waals surface area contributed by atoms with Crippen molar-refractivity contribution < 1.29 is 9.59 Å². The standard InChI is InChI=1S/C31H38O2/c1-4-31-27(15-16-28(31)18-21-30(33)22-25-8-6-5-7-9-25)17-20-29(32)19-12-24-10-13-26(14-11-24)23(2)3/h5-11,13-16,23,31H,4,12,17-22H2,1-3H3. The Hall–Kier alpha value is -2.74. The number of Topliss-reactive ketones (excluding diaryl/α,β-unsaturated/α-hetero) is 2.